The summed E-state index contributed by atoms with van der Waals surface area (Å²) in [6.45, 7) is 4.39. The lowest BCUT2D eigenvalue weighted by molar-refractivity contribution is 0.243. The van der Waals surface area contributed by atoms with E-state index in [0.717, 1.165) is 30.4 Å². The van der Waals surface area contributed by atoms with Crippen LogP contribution in [0.5, 0.6) is 5.75 Å². The van der Waals surface area contributed by atoms with E-state index in [2.05, 4.69) is 60.6 Å². The quantitative estimate of drug-likeness (QED) is 0.732. The molecule has 0 spiro atoms. The van der Waals surface area contributed by atoms with Gasteiger partial charge in [-0.15, -0.1) is 0 Å². The van der Waals surface area contributed by atoms with Gasteiger partial charge in [-0.05, 0) is 44.0 Å². The summed E-state index contributed by atoms with van der Waals surface area (Å²) in [5, 5.41) is 3.67. The topological polar surface area (TPSA) is 24.5 Å². The average Bonchev–Trinajstić information content (AvgIpc) is 3.23. The van der Waals surface area contributed by atoms with Crippen LogP contribution in [0.2, 0.25) is 0 Å². The molecule has 0 heterocycles. The van der Waals surface area contributed by atoms with E-state index < -0.39 is 0 Å². The predicted octanol–water partition coefficient (Wildman–Crippen LogP) is 4.89. The lowest BCUT2D eigenvalue weighted by Gasteiger charge is -2.25. The van der Waals surface area contributed by atoms with Gasteiger partial charge in [-0.1, -0.05) is 55.3 Å². The van der Waals surface area contributed by atoms with Crippen LogP contribution >= 0.6 is 0 Å². The zero-order valence-corrected chi connectivity index (χ0v) is 16.4. The number of hydrogen-bond donors (Lipinski definition) is 1. The largest absolute Gasteiger partial charge is 0.496 e. The molecule has 1 saturated carbocycles. The SMILES string of the molecule is COc1ccccc1-c1ccc(C(C)NCCN(C)C2CCCC2)cc1. The summed E-state index contributed by atoms with van der Waals surface area (Å²) in [7, 11) is 3.99. The number of methoxy groups -OCH3 is 1. The first kappa shape index (κ1) is 18.9. The number of hydrogen-bond acceptors (Lipinski definition) is 3. The maximum absolute atomic E-state index is 5.48. The highest BCUT2D eigenvalue weighted by Gasteiger charge is 2.19. The zero-order valence-electron chi connectivity index (χ0n) is 16.4. The van der Waals surface area contributed by atoms with Gasteiger partial charge in [0.1, 0.15) is 5.75 Å². The number of likely N-dealkylation sites (N-methyl/N-ethyl adjacent to an activating group) is 1. The van der Waals surface area contributed by atoms with E-state index in [1.807, 2.05) is 12.1 Å². The molecule has 1 aliphatic carbocycles. The van der Waals surface area contributed by atoms with E-state index in [0.29, 0.717) is 6.04 Å². The van der Waals surface area contributed by atoms with Gasteiger partial charge in [0.25, 0.3) is 0 Å². The minimum atomic E-state index is 0.360. The molecular formula is C23H32N2O. The summed E-state index contributed by atoms with van der Waals surface area (Å²) >= 11 is 0. The Morgan fingerprint density at radius 2 is 1.77 bits per heavy atom. The molecule has 140 valence electrons. The standard InChI is InChI=1S/C23H32N2O/c1-18(24-16-17-25(2)21-8-4-5-9-21)19-12-14-20(15-13-19)22-10-6-7-11-23(22)26-3/h6-7,10-15,18,21,24H,4-5,8-9,16-17H2,1-3H3. The van der Waals surface area contributed by atoms with Crippen LogP contribution in [0.3, 0.4) is 0 Å². The normalized spacial score (nSPS) is 16.2. The van der Waals surface area contributed by atoms with Crippen LogP contribution in [0.4, 0.5) is 0 Å². The maximum Gasteiger partial charge on any atom is 0.126 e. The summed E-state index contributed by atoms with van der Waals surface area (Å²) in [5.74, 6) is 0.918. The molecule has 1 aliphatic rings. The summed E-state index contributed by atoms with van der Waals surface area (Å²) < 4.78 is 5.48. The van der Waals surface area contributed by atoms with Crippen molar-refractivity contribution in [3.8, 4) is 16.9 Å². The van der Waals surface area contributed by atoms with Gasteiger partial charge >= 0.3 is 0 Å². The molecule has 1 unspecified atom stereocenters. The molecule has 1 fully saturated rings. The van der Waals surface area contributed by atoms with Gasteiger partial charge in [0.2, 0.25) is 0 Å². The second-order valence-electron chi connectivity index (χ2n) is 7.42. The second-order valence-corrected chi connectivity index (χ2v) is 7.42. The Morgan fingerprint density at radius 3 is 2.46 bits per heavy atom. The van der Waals surface area contributed by atoms with Crippen molar-refractivity contribution in [1.82, 2.24) is 10.2 Å². The summed E-state index contributed by atoms with van der Waals surface area (Å²) in [6.07, 6.45) is 5.54. The second kappa shape index (κ2) is 9.20. The summed E-state index contributed by atoms with van der Waals surface area (Å²) in [6, 6.07) is 18.2. The molecule has 0 saturated heterocycles. The molecule has 1 N–H and O–H groups in total. The van der Waals surface area contributed by atoms with E-state index in [1.54, 1.807) is 7.11 Å². The Bertz CT molecular complexity index is 677. The van der Waals surface area contributed by atoms with Crippen LogP contribution in [-0.2, 0) is 0 Å². The van der Waals surface area contributed by atoms with E-state index in [4.69, 9.17) is 4.74 Å². The average molecular weight is 353 g/mol. The van der Waals surface area contributed by atoms with Crippen LogP contribution in [0.25, 0.3) is 11.1 Å². The highest BCUT2D eigenvalue weighted by molar-refractivity contribution is 5.70. The Morgan fingerprint density at radius 1 is 1.08 bits per heavy atom. The monoisotopic (exact) mass is 352 g/mol. The molecule has 3 heteroatoms. The number of benzene rings is 2. The molecule has 0 bridgehead atoms. The molecule has 3 rings (SSSR count). The fourth-order valence-corrected chi connectivity index (χ4v) is 3.94. The van der Waals surface area contributed by atoms with Gasteiger partial charge in [-0.3, -0.25) is 0 Å². The third-order valence-electron chi connectivity index (χ3n) is 5.69. The van der Waals surface area contributed by atoms with E-state index in [1.165, 1.54) is 36.8 Å². The Balaban J connectivity index is 1.54. The van der Waals surface area contributed by atoms with E-state index >= 15 is 0 Å². The Hall–Kier alpha value is -1.84. The van der Waals surface area contributed by atoms with Crippen molar-refractivity contribution in [2.45, 2.75) is 44.7 Å². The fourth-order valence-electron chi connectivity index (χ4n) is 3.94. The van der Waals surface area contributed by atoms with Gasteiger partial charge in [0.15, 0.2) is 0 Å². The van der Waals surface area contributed by atoms with Crippen LogP contribution in [0, 0.1) is 0 Å². The van der Waals surface area contributed by atoms with Crippen LogP contribution in [-0.4, -0.2) is 38.2 Å². The minimum Gasteiger partial charge on any atom is -0.496 e. The molecular weight excluding hydrogens is 320 g/mol. The lowest BCUT2D eigenvalue weighted by Crippen LogP contribution is -2.36. The van der Waals surface area contributed by atoms with Gasteiger partial charge in [-0.25, -0.2) is 0 Å². The highest BCUT2D eigenvalue weighted by atomic mass is 16.5. The highest BCUT2D eigenvalue weighted by Crippen LogP contribution is 2.30. The van der Waals surface area contributed by atoms with Gasteiger partial charge < -0.3 is 15.0 Å². The van der Waals surface area contributed by atoms with Crippen LogP contribution in [0.15, 0.2) is 48.5 Å². The first-order chi connectivity index (χ1) is 12.7. The van der Waals surface area contributed by atoms with Crippen molar-refractivity contribution in [1.29, 1.82) is 0 Å². The molecule has 2 aromatic carbocycles. The molecule has 1 atom stereocenters. The third-order valence-corrected chi connectivity index (χ3v) is 5.69. The minimum absolute atomic E-state index is 0.360. The number of para-hydroxylation sites is 1. The third kappa shape index (κ3) is 4.66. The first-order valence-corrected chi connectivity index (χ1v) is 9.86. The van der Waals surface area contributed by atoms with Crippen molar-refractivity contribution >= 4 is 0 Å². The Labute approximate surface area is 158 Å². The number of nitrogens with one attached hydrogen (secondary N) is 1. The maximum atomic E-state index is 5.48. The molecule has 26 heavy (non-hydrogen) atoms. The fraction of sp³-hybridized carbons (Fsp3) is 0.478. The lowest BCUT2D eigenvalue weighted by atomic mass is 10.0. The van der Waals surface area contributed by atoms with E-state index in [-0.39, 0.29) is 0 Å². The predicted molar refractivity (Wildman–Crippen MR) is 110 cm³/mol. The van der Waals surface area contributed by atoms with Gasteiger partial charge in [0.05, 0.1) is 7.11 Å². The van der Waals surface area contributed by atoms with Gasteiger partial charge in [0, 0.05) is 30.7 Å². The zero-order chi connectivity index (χ0) is 18.4. The van der Waals surface area contributed by atoms with Crippen molar-refractivity contribution in [2.24, 2.45) is 0 Å². The van der Waals surface area contributed by atoms with Crippen molar-refractivity contribution < 1.29 is 4.74 Å². The van der Waals surface area contributed by atoms with E-state index in [9.17, 15) is 0 Å². The summed E-state index contributed by atoms with van der Waals surface area (Å²) in [5.41, 5.74) is 3.66. The first-order valence-electron chi connectivity index (χ1n) is 9.86. The molecule has 0 aliphatic heterocycles. The molecule has 0 aromatic heterocycles. The molecule has 2 aromatic rings. The molecule has 0 amide bonds. The van der Waals surface area contributed by atoms with Crippen molar-refractivity contribution in [3.05, 3.63) is 54.1 Å². The smallest absolute Gasteiger partial charge is 0.126 e. The molecule has 3 nitrogen and oxygen atoms in total. The number of rotatable bonds is 8. The Kier molecular flexibility index (Phi) is 6.70. The molecule has 0 radical (unpaired) electrons. The van der Waals surface area contributed by atoms with Crippen LogP contribution in [0.1, 0.15) is 44.2 Å². The van der Waals surface area contributed by atoms with Crippen molar-refractivity contribution in [3.63, 3.8) is 0 Å². The number of ether oxygens (including phenoxy) is 1. The summed E-state index contributed by atoms with van der Waals surface area (Å²) in [4.78, 5) is 2.53. The van der Waals surface area contributed by atoms with Crippen molar-refractivity contribution in [2.75, 3.05) is 27.2 Å². The number of nitrogens with zero attached hydrogens (tertiary/aromatic N) is 1. The van der Waals surface area contributed by atoms with Crippen LogP contribution < -0.4 is 10.1 Å². The van der Waals surface area contributed by atoms with Gasteiger partial charge in [-0.2, -0.15) is 0 Å².